The van der Waals surface area contributed by atoms with Gasteiger partial charge in [-0.2, -0.15) is 13.2 Å². The summed E-state index contributed by atoms with van der Waals surface area (Å²) in [7, 11) is 0. The summed E-state index contributed by atoms with van der Waals surface area (Å²) in [4.78, 5) is 21.3. The third-order valence-corrected chi connectivity index (χ3v) is 2.25. The monoisotopic (exact) mass is 287 g/mol. The molecule has 0 saturated heterocycles. The zero-order chi connectivity index (χ0) is 15.2. The third kappa shape index (κ3) is 6.58. The number of hydrogen-bond acceptors (Lipinski definition) is 2. The number of carboxylic acid groups (broad SMARTS) is 1. The number of carbonyl (C=O) groups excluding carboxylic acids is 1. The zero-order valence-corrected chi connectivity index (χ0v) is 10.3. The number of hydrogen-bond donors (Lipinski definition) is 2. The lowest BCUT2D eigenvalue weighted by Crippen LogP contribution is -2.28. The Balaban J connectivity index is 2.50. The van der Waals surface area contributed by atoms with Gasteiger partial charge in [0.1, 0.15) is 6.42 Å². The maximum atomic E-state index is 11.9. The summed E-state index contributed by atoms with van der Waals surface area (Å²) in [6.07, 6.45) is -3.67. The molecule has 7 heteroatoms. The van der Waals surface area contributed by atoms with E-state index in [9.17, 15) is 22.8 Å². The van der Waals surface area contributed by atoms with Crippen molar-refractivity contribution in [3.05, 3.63) is 41.5 Å². The van der Waals surface area contributed by atoms with Crippen molar-refractivity contribution in [1.82, 2.24) is 5.32 Å². The van der Waals surface area contributed by atoms with Crippen molar-refractivity contribution in [2.75, 3.05) is 0 Å². The molecule has 0 fully saturated rings. The summed E-state index contributed by atoms with van der Waals surface area (Å²) in [5.74, 6) is -2.17. The minimum absolute atomic E-state index is 0.0160. The smallest absolute Gasteiger partial charge is 0.397 e. The van der Waals surface area contributed by atoms with Gasteiger partial charge in [0.2, 0.25) is 5.91 Å². The van der Waals surface area contributed by atoms with Crippen LogP contribution in [0.2, 0.25) is 0 Å². The van der Waals surface area contributed by atoms with E-state index in [1.807, 2.05) is 0 Å². The van der Waals surface area contributed by atoms with Crippen LogP contribution in [0.25, 0.3) is 6.08 Å². The zero-order valence-electron chi connectivity index (χ0n) is 10.3. The van der Waals surface area contributed by atoms with Crippen molar-refractivity contribution in [2.45, 2.75) is 19.1 Å². The number of alkyl halides is 3. The fourth-order valence-electron chi connectivity index (χ4n) is 1.36. The van der Waals surface area contributed by atoms with Crippen LogP contribution >= 0.6 is 0 Å². The molecule has 2 N–H and O–H groups in total. The first-order valence-electron chi connectivity index (χ1n) is 5.60. The van der Waals surface area contributed by atoms with E-state index in [2.05, 4.69) is 5.32 Å². The second-order valence-corrected chi connectivity index (χ2v) is 3.98. The molecule has 0 saturated carbocycles. The predicted molar refractivity (Wildman–Crippen MR) is 65.6 cm³/mol. The molecule has 0 aliphatic heterocycles. The maximum Gasteiger partial charge on any atom is 0.397 e. The summed E-state index contributed by atoms with van der Waals surface area (Å²) in [6, 6.07) is 6.39. The van der Waals surface area contributed by atoms with Crippen molar-refractivity contribution in [1.29, 1.82) is 0 Å². The van der Waals surface area contributed by atoms with E-state index in [-0.39, 0.29) is 6.54 Å². The van der Waals surface area contributed by atoms with E-state index < -0.39 is 24.5 Å². The molecule has 0 atom stereocenters. The Morgan fingerprint density at radius 2 is 1.80 bits per heavy atom. The summed E-state index contributed by atoms with van der Waals surface area (Å²) >= 11 is 0. The first-order valence-corrected chi connectivity index (χ1v) is 5.60. The average molecular weight is 287 g/mol. The molecule has 1 aromatic carbocycles. The molecule has 0 aliphatic carbocycles. The molecule has 0 aliphatic rings. The molecular formula is C13H12F3NO3. The van der Waals surface area contributed by atoms with Crippen molar-refractivity contribution < 1.29 is 27.9 Å². The highest BCUT2D eigenvalue weighted by molar-refractivity contribution is 5.85. The van der Waals surface area contributed by atoms with Gasteiger partial charge in [-0.15, -0.1) is 0 Å². The highest BCUT2D eigenvalue weighted by atomic mass is 19.4. The standard InChI is InChI=1S/C13H12F3NO3/c14-13(15,16)7-11(18)17-8-10-3-1-9(2-4-10)5-6-12(19)20/h1-6H,7-8H2,(H,17,18)(H,19,20). The van der Waals surface area contributed by atoms with Crippen LogP contribution in [0.15, 0.2) is 30.3 Å². The first-order chi connectivity index (χ1) is 9.26. The van der Waals surface area contributed by atoms with Gasteiger partial charge in [0.05, 0.1) is 0 Å². The largest absolute Gasteiger partial charge is 0.478 e. The fraction of sp³-hybridized carbons (Fsp3) is 0.231. The second kappa shape index (κ2) is 6.74. The lowest BCUT2D eigenvalue weighted by molar-refractivity contribution is -0.153. The van der Waals surface area contributed by atoms with Gasteiger partial charge in [-0.1, -0.05) is 24.3 Å². The molecule has 1 rings (SSSR count). The van der Waals surface area contributed by atoms with Crippen LogP contribution in [0.3, 0.4) is 0 Å². The molecule has 0 unspecified atom stereocenters. The Morgan fingerprint density at radius 3 is 2.30 bits per heavy atom. The fourth-order valence-corrected chi connectivity index (χ4v) is 1.36. The topological polar surface area (TPSA) is 66.4 Å². The van der Waals surface area contributed by atoms with E-state index >= 15 is 0 Å². The van der Waals surface area contributed by atoms with Gasteiger partial charge >= 0.3 is 12.1 Å². The second-order valence-electron chi connectivity index (χ2n) is 3.98. The molecule has 0 radical (unpaired) electrons. The van der Waals surface area contributed by atoms with Gasteiger partial charge in [0.25, 0.3) is 0 Å². The number of aliphatic carboxylic acids is 1. The minimum Gasteiger partial charge on any atom is -0.478 e. The number of nitrogens with one attached hydrogen (secondary N) is 1. The average Bonchev–Trinajstić information content (AvgIpc) is 2.33. The summed E-state index contributed by atoms with van der Waals surface area (Å²) in [5, 5.41) is 10.6. The van der Waals surface area contributed by atoms with Crippen molar-refractivity contribution in [2.24, 2.45) is 0 Å². The maximum absolute atomic E-state index is 11.9. The van der Waals surface area contributed by atoms with E-state index in [0.29, 0.717) is 11.1 Å². The van der Waals surface area contributed by atoms with E-state index in [1.54, 1.807) is 24.3 Å². The molecular weight excluding hydrogens is 275 g/mol. The Kier molecular flexibility index (Phi) is 5.31. The number of rotatable bonds is 5. The molecule has 0 spiro atoms. The van der Waals surface area contributed by atoms with Crippen LogP contribution in [0.5, 0.6) is 0 Å². The van der Waals surface area contributed by atoms with Crippen LogP contribution in [-0.2, 0) is 16.1 Å². The van der Waals surface area contributed by atoms with E-state index in [4.69, 9.17) is 5.11 Å². The molecule has 1 aromatic rings. The quantitative estimate of drug-likeness (QED) is 0.817. The number of carbonyl (C=O) groups is 2. The van der Waals surface area contributed by atoms with Crippen LogP contribution in [0, 0.1) is 0 Å². The number of carboxylic acids is 1. The normalized spacial score (nSPS) is 11.6. The molecule has 0 heterocycles. The van der Waals surface area contributed by atoms with Gasteiger partial charge in [0.15, 0.2) is 0 Å². The van der Waals surface area contributed by atoms with Gasteiger partial charge in [-0.3, -0.25) is 4.79 Å². The van der Waals surface area contributed by atoms with Gasteiger partial charge < -0.3 is 10.4 Å². The molecule has 0 aromatic heterocycles. The van der Waals surface area contributed by atoms with Crippen LogP contribution in [-0.4, -0.2) is 23.2 Å². The Hall–Kier alpha value is -2.31. The van der Waals surface area contributed by atoms with Gasteiger partial charge in [-0.05, 0) is 17.2 Å². The SMILES string of the molecule is O=C(O)C=Cc1ccc(CNC(=O)CC(F)(F)F)cc1. The Bertz CT molecular complexity index is 507. The van der Waals surface area contributed by atoms with Crippen molar-refractivity contribution in [3.63, 3.8) is 0 Å². The van der Waals surface area contributed by atoms with Crippen LogP contribution in [0.4, 0.5) is 13.2 Å². The summed E-state index contributed by atoms with van der Waals surface area (Å²) in [6.45, 7) is -0.0160. The summed E-state index contributed by atoms with van der Waals surface area (Å²) in [5.41, 5.74) is 1.26. The van der Waals surface area contributed by atoms with Crippen molar-refractivity contribution in [3.8, 4) is 0 Å². The van der Waals surface area contributed by atoms with E-state index in [1.165, 1.54) is 6.08 Å². The molecule has 1 amide bonds. The lowest BCUT2D eigenvalue weighted by Gasteiger charge is -2.08. The van der Waals surface area contributed by atoms with Crippen LogP contribution in [0.1, 0.15) is 17.5 Å². The van der Waals surface area contributed by atoms with Gasteiger partial charge in [-0.25, -0.2) is 4.79 Å². The molecule has 108 valence electrons. The van der Waals surface area contributed by atoms with Crippen LogP contribution < -0.4 is 5.32 Å². The van der Waals surface area contributed by atoms with Crippen molar-refractivity contribution >= 4 is 18.0 Å². The number of halogens is 3. The Labute approximate surface area is 112 Å². The molecule has 0 bridgehead atoms. The first kappa shape index (κ1) is 15.7. The predicted octanol–water partition coefficient (Wildman–Crippen LogP) is 2.35. The highest BCUT2D eigenvalue weighted by Gasteiger charge is 2.30. The number of amides is 1. The summed E-state index contributed by atoms with van der Waals surface area (Å²) < 4.78 is 35.8. The van der Waals surface area contributed by atoms with E-state index in [0.717, 1.165) is 6.08 Å². The molecule has 4 nitrogen and oxygen atoms in total. The highest BCUT2D eigenvalue weighted by Crippen LogP contribution is 2.19. The number of benzene rings is 1. The lowest BCUT2D eigenvalue weighted by atomic mass is 10.1. The third-order valence-electron chi connectivity index (χ3n) is 2.25. The Morgan fingerprint density at radius 1 is 1.20 bits per heavy atom. The minimum atomic E-state index is -4.52. The molecule has 20 heavy (non-hydrogen) atoms. The van der Waals surface area contributed by atoms with Gasteiger partial charge in [0, 0.05) is 12.6 Å².